The molecule has 5 rings (SSSR count). The lowest BCUT2D eigenvalue weighted by Crippen LogP contribution is -2.43. The van der Waals surface area contributed by atoms with Crippen LogP contribution in [-0.4, -0.2) is 29.7 Å². The van der Waals surface area contributed by atoms with Crippen molar-refractivity contribution < 1.29 is 4.74 Å². The molecule has 0 amide bonds. The molecule has 2 spiro atoms. The summed E-state index contributed by atoms with van der Waals surface area (Å²) < 4.78 is 5.65. The summed E-state index contributed by atoms with van der Waals surface area (Å²) in [6.07, 6.45) is 7.29. The predicted octanol–water partition coefficient (Wildman–Crippen LogP) is 5.46. The van der Waals surface area contributed by atoms with Crippen molar-refractivity contribution in [3.05, 3.63) is 52.3 Å². The van der Waals surface area contributed by atoms with Gasteiger partial charge in [-0.05, 0) is 69.2 Å². The number of ether oxygens (including phenoxy) is 1. The van der Waals surface area contributed by atoms with Crippen LogP contribution in [0, 0.1) is 12.3 Å². The lowest BCUT2D eigenvalue weighted by atomic mass is 9.65. The number of rotatable bonds is 2. The van der Waals surface area contributed by atoms with Crippen LogP contribution in [0.5, 0.6) is 0 Å². The van der Waals surface area contributed by atoms with Crippen molar-refractivity contribution in [1.82, 2.24) is 4.98 Å². The highest BCUT2D eigenvalue weighted by Gasteiger charge is 2.60. The first-order valence-electron chi connectivity index (χ1n) is 10.6. The highest BCUT2D eigenvalue weighted by atomic mass is 35.5. The summed E-state index contributed by atoms with van der Waals surface area (Å²) >= 11 is 6.35. The number of amidine groups is 1. The van der Waals surface area contributed by atoms with E-state index in [-0.39, 0.29) is 12.8 Å². The van der Waals surface area contributed by atoms with Crippen LogP contribution in [0.15, 0.2) is 40.4 Å². The van der Waals surface area contributed by atoms with Crippen molar-refractivity contribution in [3.8, 4) is 11.1 Å². The molecule has 0 bridgehead atoms. The van der Waals surface area contributed by atoms with E-state index in [1.165, 1.54) is 11.1 Å². The number of hydrogen-bond acceptors (Lipinski definition) is 5. The number of benzene rings is 1. The molecule has 2 heterocycles. The van der Waals surface area contributed by atoms with Crippen molar-refractivity contribution in [2.24, 2.45) is 21.1 Å². The zero-order valence-corrected chi connectivity index (χ0v) is 18.5. The minimum absolute atomic E-state index is 0. The fourth-order valence-electron chi connectivity index (χ4n) is 5.52. The van der Waals surface area contributed by atoms with Gasteiger partial charge in [-0.3, -0.25) is 9.98 Å². The smallest absolute Gasteiger partial charge is 0.184 e. The Morgan fingerprint density at radius 1 is 1.10 bits per heavy atom. The standard InChI is InChI=1S/C24H27ClN4O.CH4/c1-14-21(25)11-18(13-27-14)16-4-5-17-12-23(8-6-19(30-3)7-9-23)24(20(17)10-16)28-15(2)22(26)29-24;/h4-5,10-11,13,19H,6-9,12H2,1-3H3,(H2,26,29);1H4/t19?,23?,24-;/m0./s1. The van der Waals surface area contributed by atoms with E-state index in [1.54, 1.807) is 0 Å². The van der Waals surface area contributed by atoms with Crippen molar-refractivity contribution in [2.45, 2.75) is 65.1 Å². The Morgan fingerprint density at radius 3 is 2.45 bits per heavy atom. The van der Waals surface area contributed by atoms with Gasteiger partial charge in [0.15, 0.2) is 5.66 Å². The zero-order valence-electron chi connectivity index (χ0n) is 17.7. The minimum atomic E-state index is -0.632. The van der Waals surface area contributed by atoms with Crippen LogP contribution in [0.25, 0.3) is 11.1 Å². The number of methoxy groups -OCH3 is 1. The van der Waals surface area contributed by atoms with Gasteiger partial charge in [-0.25, -0.2) is 4.99 Å². The molecule has 1 aromatic heterocycles. The first-order valence-corrected chi connectivity index (χ1v) is 11.0. The van der Waals surface area contributed by atoms with Gasteiger partial charge < -0.3 is 10.5 Å². The molecule has 2 aromatic rings. The molecular weight excluding hydrogens is 408 g/mol. The number of halogens is 1. The third-order valence-corrected chi connectivity index (χ3v) is 7.70. The molecule has 3 aliphatic rings. The van der Waals surface area contributed by atoms with Crippen LogP contribution < -0.4 is 5.73 Å². The van der Waals surface area contributed by atoms with Gasteiger partial charge in [-0.15, -0.1) is 0 Å². The van der Waals surface area contributed by atoms with Gasteiger partial charge in [0.25, 0.3) is 0 Å². The van der Waals surface area contributed by atoms with Crippen LogP contribution in [-0.2, 0) is 16.8 Å². The summed E-state index contributed by atoms with van der Waals surface area (Å²) in [4.78, 5) is 14.6. The van der Waals surface area contributed by atoms with Crippen molar-refractivity contribution in [3.63, 3.8) is 0 Å². The van der Waals surface area contributed by atoms with Gasteiger partial charge in [-0.1, -0.05) is 31.2 Å². The van der Waals surface area contributed by atoms with Crippen LogP contribution >= 0.6 is 11.6 Å². The Morgan fingerprint density at radius 2 is 1.84 bits per heavy atom. The fraction of sp³-hybridized carbons (Fsp3) is 0.480. The second-order valence-corrected chi connectivity index (χ2v) is 9.33. The molecule has 6 heteroatoms. The third kappa shape index (κ3) is 3.21. The summed E-state index contributed by atoms with van der Waals surface area (Å²) in [6.45, 7) is 3.88. The molecule has 0 saturated heterocycles. The molecule has 1 atom stereocenters. The lowest BCUT2D eigenvalue weighted by molar-refractivity contribution is -0.000372. The van der Waals surface area contributed by atoms with Crippen LogP contribution in [0.4, 0.5) is 0 Å². The highest BCUT2D eigenvalue weighted by molar-refractivity contribution is 6.41. The van der Waals surface area contributed by atoms with Crippen LogP contribution in [0.2, 0.25) is 5.02 Å². The normalized spacial score (nSPS) is 29.0. The second-order valence-electron chi connectivity index (χ2n) is 8.92. The zero-order chi connectivity index (χ0) is 21.1. The summed E-state index contributed by atoms with van der Waals surface area (Å²) in [7, 11) is 1.81. The van der Waals surface area contributed by atoms with Crippen molar-refractivity contribution >= 4 is 23.1 Å². The average Bonchev–Trinajstić information content (AvgIpc) is 3.18. The topological polar surface area (TPSA) is 72.9 Å². The Hall–Kier alpha value is -2.24. The average molecular weight is 439 g/mol. The van der Waals surface area contributed by atoms with E-state index in [0.29, 0.717) is 17.0 Å². The Bertz CT molecular complexity index is 1060. The number of aliphatic imine (C=N–C) groups is 2. The SMILES string of the molecule is C.COC1CCC2(CC1)Cc1ccc(-c3cnc(C)c(Cl)c3)cc1[C@@]21N=C(C)C(N)=N1. The number of hydrogen-bond donors (Lipinski definition) is 1. The number of fused-ring (bicyclic) bond motifs is 3. The molecule has 31 heavy (non-hydrogen) atoms. The third-order valence-electron chi connectivity index (χ3n) is 7.32. The molecule has 0 unspecified atom stereocenters. The van der Waals surface area contributed by atoms with E-state index >= 15 is 0 Å². The molecule has 1 saturated carbocycles. The molecule has 2 N–H and O–H groups in total. The lowest BCUT2D eigenvalue weighted by Gasteiger charge is -2.44. The quantitative estimate of drug-likeness (QED) is 0.676. The summed E-state index contributed by atoms with van der Waals surface area (Å²) in [6, 6.07) is 8.60. The van der Waals surface area contributed by atoms with Crippen molar-refractivity contribution in [1.29, 1.82) is 0 Å². The number of nitrogens with zero attached hydrogens (tertiary/aromatic N) is 3. The maximum atomic E-state index is 6.35. The molecule has 5 nitrogen and oxygen atoms in total. The Balaban J connectivity index is 0.00000231. The van der Waals surface area contributed by atoms with E-state index in [1.807, 2.05) is 33.2 Å². The van der Waals surface area contributed by atoms with E-state index in [2.05, 4.69) is 23.2 Å². The second kappa shape index (κ2) is 7.72. The first-order chi connectivity index (χ1) is 14.4. The molecule has 2 aliphatic carbocycles. The molecule has 1 aromatic carbocycles. The summed E-state index contributed by atoms with van der Waals surface area (Å²) in [5.74, 6) is 0.557. The number of pyridine rings is 1. The maximum absolute atomic E-state index is 6.35. The van der Waals surface area contributed by atoms with Gasteiger partial charge in [0, 0.05) is 29.8 Å². The van der Waals surface area contributed by atoms with Gasteiger partial charge >= 0.3 is 0 Å². The fourth-order valence-corrected chi connectivity index (χ4v) is 5.68. The minimum Gasteiger partial charge on any atom is -0.382 e. The molecule has 0 radical (unpaired) electrons. The van der Waals surface area contributed by atoms with Crippen LogP contribution in [0.1, 0.15) is 56.9 Å². The van der Waals surface area contributed by atoms with E-state index in [9.17, 15) is 0 Å². The van der Waals surface area contributed by atoms with E-state index in [4.69, 9.17) is 32.1 Å². The number of aromatic nitrogens is 1. The molecule has 1 fully saturated rings. The van der Waals surface area contributed by atoms with Crippen molar-refractivity contribution in [2.75, 3.05) is 7.11 Å². The first kappa shape index (κ1) is 22.0. The Labute approximate surface area is 189 Å². The van der Waals surface area contributed by atoms with Gasteiger partial charge in [0.2, 0.25) is 0 Å². The van der Waals surface area contributed by atoms with Gasteiger partial charge in [0.1, 0.15) is 5.84 Å². The maximum Gasteiger partial charge on any atom is 0.184 e. The van der Waals surface area contributed by atoms with Gasteiger partial charge in [0.05, 0.1) is 22.5 Å². The van der Waals surface area contributed by atoms with E-state index in [0.717, 1.165) is 54.6 Å². The predicted molar refractivity (Wildman–Crippen MR) is 128 cm³/mol. The summed E-state index contributed by atoms with van der Waals surface area (Å²) in [5.41, 5.74) is 11.8. The van der Waals surface area contributed by atoms with Gasteiger partial charge in [-0.2, -0.15) is 0 Å². The number of aryl methyl sites for hydroxylation is 1. The highest BCUT2D eigenvalue weighted by Crippen LogP contribution is 2.62. The largest absolute Gasteiger partial charge is 0.382 e. The molecular formula is C25H31ClN4O. The molecule has 164 valence electrons. The summed E-state index contributed by atoms with van der Waals surface area (Å²) in [5, 5.41) is 0.675. The Kier molecular flexibility index (Phi) is 5.47. The number of nitrogens with two attached hydrogens (primary N) is 1. The van der Waals surface area contributed by atoms with E-state index < -0.39 is 5.66 Å². The monoisotopic (exact) mass is 438 g/mol. The molecule has 1 aliphatic heterocycles. The van der Waals surface area contributed by atoms with Crippen LogP contribution in [0.3, 0.4) is 0 Å².